The van der Waals surface area contributed by atoms with E-state index >= 15 is 0 Å². The van der Waals surface area contributed by atoms with Crippen LogP contribution in [0.15, 0.2) is 72.3 Å². The van der Waals surface area contributed by atoms with Crippen molar-refractivity contribution in [1.82, 2.24) is 0 Å². The molecule has 0 N–H and O–H groups in total. The van der Waals surface area contributed by atoms with Crippen molar-refractivity contribution in [2.75, 3.05) is 13.7 Å². The van der Waals surface area contributed by atoms with E-state index in [0.717, 1.165) is 5.56 Å². The molecule has 0 amide bonds. The lowest BCUT2D eigenvalue weighted by Gasteiger charge is -2.04. The van der Waals surface area contributed by atoms with E-state index in [4.69, 9.17) is 4.74 Å². The summed E-state index contributed by atoms with van der Waals surface area (Å²) < 4.78 is 5.09. The van der Waals surface area contributed by atoms with Gasteiger partial charge in [0.15, 0.2) is 5.78 Å². The topological polar surface area (TPSA) is 26.3 Å². The summed E-state index contributed by atoms with van der Waals surface area (Å²) in [5.74, 6) is 5.87. The fourth-order valence-electron chi connectivity index (χ4n) is 1.83. The number of rotatable bonds is 4. The Kier molecular flexibility index (Phi) is 5.51. The molecule has 0 saturated heterocycles. The van der Waals surface area contributed by atoms with E-state index in [0.29, 0.717) is 11.1 Å². The van der Waals surface area contributed by atoms with Gasteiger partial charge in [-0.3, -0.25) is 4.79 Å². The molecule has 0 aliphatic heterocycles. The minimum Gasteiger partial charge on any atom is -0.380 e. The average molecular weight is 276 g/mol. The molecule has 0 bridgehead atoms. The number of carbonyl (C=O) groups is 1. The van der Waals surface area contributed by atoms with E-state index in [1.54, 1.807) is 25.3 Å². The van der Waals surface area contributed by atoms with Crippen molar-refractivity contribution in [2.24, 2.45) is 0 Å². The highest BCUT2D eigenvalue weighted by molar-refractivity contribution is 6.09. The van der Waals surface area contributed by atoms with E-state index < -0.39 is 0 Å². The molecule has 2 rings (SSSR count). The van der Waals surface area contributed by atoms with Gasteiger partial charge < -0.3 is 4.74 Å². The van der Waals surface area contributed by atoms with Crippen molar-refractivity contribution in [3.63, 3.8) is 0 Å². The molecule has 0 unspecified atom stereocenters. The van der Waals surface area contributed by atoms with Gasteiger partial charge in [0, 0.05) is 23.8 Å². The second-order valence-electron chi connectivity index (χ2n) is 4.43. The molecule has 0 fully saturated rings. The molecule has 0 aliphatic carbocycles. The lowest BCUT2D eigenvalue weighted by molar-refractivity contribution is 0.101. The van der Waals surface area contributed by atoms with E-state index in [2.05, 4.69) is 11.8 Å². The summed E-state index contributed by atoms with van der Waals surface area (Å²) in [5.41, 5.74) is 2.10. The largest absolute Gasteiger partial charge is 0.380 e. The van der Waals surface area contributed by atoms with Crippen molar-refractivity contribution >= 4 is 5.78 Å². The van der Waals surface area contributed by atoms with E-state index in [-0.39, 0.29) is 12.4 Å². The molecule has 104 valence electrons. The van der Waals surface area contributed by atoms with Crippen molar-refractivity contribution in [3.8, 4) is 11.8 Å². The monoisotopic (exact) mass is 276 g/mol. The minimum atomic E-state index is -0.0557. The van der Waals surface area contributed by atoms with Crippen LogP contribution in [0.5, 0.6) is 0 Å². The highest BCUT2D eigenvalue weighted by atomic mass is 16.5. The van der Waals surface area contributed by atoms with Crippen LogP contribution in [0.4, 0.5) is 0 Å². The summed E-state index contributed by atoms with van der Waals surface area (Å²) in [6.45, 7) is 0.247. The van der Waals surface area contributed by atoms with Crippen molar-refractivity contribution in [3.05, 3.63) is 83.4 Å². The maximum Gasteiger partial charge on any atom is 0.191 e. The van der Waals surface area contributed by atoms with E-state index in [9.17, 15) is 4.79 Å². The number of methoxy groups -OCH3 is 1. The lowest BCUT2D eigenvalue weighted by Crippen LogP contribution is -2.08. The molecule has 21 heavy (non-hydrogen) atoms. The Bertz CT molecular complexity index is 674. The van der Waals surface area contributed by atoms with E-state index in [1.165, 1.54) is 0 Å². The third-order valence-corrected chi connectivity index (χ3v) is 2.86. The van der Waals surface area contributed by atoms with Gasteiger partial charge in [0.2, 0.25) is 0 Å². The van der Waals surface area contributed by atoms with Gasteiger partial charge >= 0.3 is 0 Å². The summed E-state index contributed by atoms with van der Waals surface area (Å²) in [6.07, 6.45) is 1.63. The molecule has 0 spiro atoms. The zero-order valence-corrected chi connectivity index (χ0v) is 11.9. The summed E-state index contributed by atoms with van der Waals surface area (Å²) in [6, 6.07) is 18.8. The Balaban J connectivity index is 2.21. The van der Waals surface area contributed by atoms with Crippen LogP contribution in [0.3, 0.4) is 0 Å². The molecule has 0 heterocycles. The zero-order valence-electron chi connectivity index (χ0n) is 11.9. The smallest absolute Gasteiger partial charge is 0.191 e. The molecule has 2 aromatic rings. The maximum absolute atomic E-state index is 12.4. The van der Waals surface area contributed by atoms with Gasteiger partial charge in [-0.2, -0.15) is 0 Å². The number of allylic oxidation sites excluding steroid dienone is 1. The molecular formula is C19H16O2. The van der Waals surface area contributed by atoms with Crippen LogP contribution >= 0.6 is 0 Å². The third-order valence-electron chi connectivity index (χ3n) is 2.86. The Hall–Kier alpha value is -2.63. The first-order valence-corrected chi connectivity index (χ1v) is 6.65. The van der Waals surface area contributed by atoms with Crippen molar-refractivity contribution < 1.29 is 9.53 Å². The number of carbonyl (C=O) groups excluding carboxylic acids is 1. The van der Waals surface area contributed by atoms with Crippen LogP contribution in [-0.2, 0) is 4.74 Å². The van der Waals surface area contributed by atoms with Crippen LogP contribution in [0.25, 0.3) is 0 Å². The van der Waals surface area contributed by atoms with Gasteiger partial charge in [-0.15, -0.1) is 0 Å². The van der Waals surface area contributed by atoms with Gasteiger partial charge in [-0.1, -0.05) is 60.4 Å². The Morgan fingerprint density at radius 1 is 1.05 bits per heavy atom. The highest BCUT2D eigenvalue weighted by Gasteiger charge is 2.10. The first-order valence-electron chi connectivity index (χ1n) is 6.65. The summed E-state index contributed by atoms with van der Waals surface area (Å²) in [7, 11) is 1.57. The normalized spacial score (nSPS) is 10.6. The molecule has 0 radical (unpaired) electrons. The molecule has 2 aromatic carbocycles. The second-order valence-corrected chi connectivity index (χ2v) is 4.43. The summed E-state index contributed by atoms with van der Waals surface area (Å²) in [4.78, 5) is 12.4. The fourth-order valence-corrected chi connectivity index (χ4v) is 1.83. The van der Waals surface area contributed by atoms with Crippen molar-refractivity contribution in [1.29, 1.82) is 0 Å². The van der Waals surface area contributed by atoms with Crippen LogP contribution in [0.2, 0.25) is 0 Å². The van der Waals surface area contributed by atoms with Crippen LogP contribution < -0.4 is 0 Å². The molecule has 0 atom stereocenters. The Labute approximate surface area is 125 Å². The molecule has 0 aliphatic rings. The SMILES string of the molecule is COC/C(=C\C#Cc1ccccc1)C(=O)c1ccccc1. The number of benzene rings is 2. The standard InChI is InChI=1S/C19H16O2/c1-21-15-18(19(20)17-12-6-3-7-13-17)14-8-11-16-9-4-2-5-10-16/h2-7,9-10,12-14H,15H2,1H3/b18-14+. The van der Waals surface area contributed by atoms with Gasteiger partial charge in [0.1, 0.15) is 0 Å². The van der Waals surface area contributed by atoms with Gasteiger partial charge in [-0.05, 0) is 18.2 Å². The number of Topliss-reactive ketones (excluding diaryl/α,β-unsaturated/α-hetero) is 1. The average Bonchev–Trinajstić information content (AvgIpc) is 2.55. The predicted molar refractivity (Wildman–Crippen MR) is 84.1 cm³/mol. The number of hydrogen-bond donors (Lipinski definition) is 0. The zero-order chi connectivity index (χ0) is 14.9. The highest BCUT2D eigenvalue weighted by Crippen LogP contribution is 2.08. The van der Waals surface area contributed by atoms with Gasteiger partial charge in [-0.25, -0.2) is 0 Å². The molecule has 0 saturated carbocycles. The second kappa shape index (κ2) is 7.84. The maximum atomic E-state index is 12.4. The van der Waals surface area contributed by atoms with Crippen LogP contribution in [0, 0.1) is 11.8 Å². The van der Waals surface area contributed by atoms with Gasteiger partial charge in [0.05, 0.1) is 6.61 Å². The van der Waals surface area contributed by atoms with Gasteiger partial charge in [0.25, 0.3) is 0 Å². The quantitative estimate of drug-likeness (QED) is 0.485. The van der Waals surface area contributed by atoms with Crippen LogP contribution in [-0.4, -0.2) is 19.5 Å². The lowest BCUT2D eigenvalue weighted by atomic mass is 10.0. The third kappa shape index (κ3) is 4.45. The van der Waals surface area contributed by atoms with Crippen LogP contribution in [0.1, 0.15) is 15.9 Å². The first-order chi connectivity index (χ1) is 10.3. The molecule has 2 nitrogen and oxygen atoms in total. The van der Waals surface area contributed by atoms with Crippen molar-refractivity contribution in [2.45, 2.75) is 0 Å². The Morgan fingerprint density at radius 2 is 1.67 bits per heavy atom. The number of ether oxygens (including phenoxy) is 1. The van der Waals surface area contributed by atoms with E-state index in [1.807, 2.05) is 48.5 Å². The molecule has 2 heteroatoms. The fraction of sp³-hybridized carbons (Fsp3) is 0.105. The Morgan fingerprint density at radius 3 is 2.29 bits per heavy atom. The first kappa shape index (κ1) is 14.8. The molecule has 0 aromatic heterocycles. The summed E-state index contributed by atoms with van der Waals surface area (Å²) >= 11 is 0. The summed E-state index contributed by atoms with van der Waals surface area (Å²) in [5, 5.41) is 0. The predicted octanol–water partition coefficient (Wildman–Crippen LogP) is 3.49. The number of hydrogen-bond acceptors (Lipinski definition) is 2. The number of ketones is 1. The minimum absolute atomic E-state index is 0.0557. The molecular weight excluding hydrogens is 260 g/mol.